The molecule has 2 amide bonds. The molecule has 0 radical (unpaired) electrons. The Morgan fingerprint density at radius 1 is 1.10 bits per heavy atom. The Hall–Kier alpha value is -2.04. The Morgan fingerprint density at radius 2 is 1.83 bits per heavy atom. The number of benzene rings is 2. The molecule has 6 heteroatoms. The highest BCUT2D eigenvalue weighted by Gasteiger charge is 2.28. The van der Waals surface area contributed by atoms with Crippen molar-refractivity contribution >= 4 is 35.0 Å². The Labute approximate surface area is 182 Å². The van der Waals surface area contributed by atoms with E-state index in [0.717, 1.165) is 36.8 Å². The number of hydrogen-bond donors (Lipinski definition) is 1. The molecule has 2 aromatic rings. The first-order valence-electron chi connectivity index (χ1n) is 10.0. The highest BCUT2D eigenvalue weighted by atomic mass is 35.5. The summed E-state index contributed by atoms with van der Waals surface area (Å²) in [6, 6.07) is 14.3. The summed E-state index contributed by atoms with van der Waals surface area (Å²) < 4.78 is 0. The van der Waals surface area contributed by atoms with Gasteiger partial charge >= 0.3 is 0 Å². The molecule has 0 saturated heterocycles. The molecule has 1 atom stereocenters. The number of rotatable bonds is 7. The molecule has 1 aliphatic rings. The molecular formula is C23H26Cl2N2O2. The van der Waals surface area contributed by atoms with Crippen molar-refractivity contribution in [3.8, 4) is 0 Å². The Kier molecular flexibility index (Phi) is 7.57. The molecule has 2 aromatic carbocycles. The van der Waals surface area contributed by atoms with Crippen LogP contribution < -0.4 is 5.32 Å². The topological polar surface area (TPSA) is 49.4 Å². The van der Waals surface area contributed by atoms with Crippen molar-refractivity contribution in [3.63, 3.8) is 0 Å². The zero-order valence-corrected chi connectivity index (χ0v) is 18.0. The van der Waals surface area contributed by atoms with Crippen molar-refractivity contribution in [2.24, 2.45) is 0 Å². The van der Waals surface area contributed by atoms with E-state index < -0.39 is 6.04 Å². The van der Waals surface area contributed by atoms with Crippen LogP contribution in [0.25, 0.3) is 0 Å². The molecule has 154 valence electrons. The van der Waals surface area contributed by atoms with E-state index in [1.807, 2.05) is 36.4 Å². The Bertz CT molecular complexity index is 865. The highest BCUT2D eigenvalue weighted by Crippen LogP contribution is 2.21. The molecule has 29 heavy (non-hydrogen) atoms. The van der Waals surface area contributed by atoms with Gasteiger partial charge in [0.2, 0.25) is 11.8 Å². The van der Waals surface area contributed by atoms with Crippen LogP contribution in [0.5, 0.6) is 0 Å². The lowest BCUT2D eigenvalue weighted by molar-refractivity contribution is -0.140. The van der Waals surface area contributed by atoms with Gasteiger partial charge < -0.3 is 10.2 Å². The lowest BCUT2D eigenvalue weighted by Crippen LogP contribution is -2.50. The minimum atomic E-state index is -0.593. The van der Waals surface area contributed by atoms with Crippen LogP contribution in [0.3, 0.4) is 0 Å². The van der Waals surface area contributed by atoms with E-state index >= 15 is 0 Å². The quantitative estimate of drug-likeness (QED) is 0.667. The average Bonchev–Trinajstić information content (AvgIpc) is 3.20. The van der Waals surface area contributed by atoms with Gasteiger partial charge in [-0.1, -0.05) is 66.4 Å². The fourth-order valence-electron chi connectivity index (χ4n) is 3.71. The number of carbonyl (C=O) groups excluding carboxylic acids is 2. The van der Waals surface area contributed by atoms with Crippen LogP contribution in [0.15, 0.2) is 48.5 Å². The standard InChI is InChI=1S/C23H26Cl2N2O2/c1-16(23(29)26-20-10-3-4-11-20)27(15-17-7-6-9-19(24)13-17)22(28)14-18-8-2-5-12-21(18)25/h2,5-9,12-13,16,20H,3-4,10-11,14-15H2,1H3,(H,26,29). The second-order valence-electron chi connectivity index (χ2n) is 7.59. The van der Waals surface area contributed by atoms with Gasteiger partial charge in [0.25, 0.3) is 0 Å². The van der Waals surface area contributed by atoms with E-state index in [1.54, 1.807) is 24.0 Å². The van der Waals surface area contributed by atoms with E-state index in [2.05, 4.69) is 5.32 Å². The van der Waals surface area contributed by atoms with E-state index in [-0.39, 0.29) is 24.3 Å². The minimum absolute atomic E-state index is 0.119. The SMILES string of the molecule is CC(C(=O)NC1CCCC1)N(Cc1cccc(Cl)c1)C(=O)Cc1ccccc1Cl. The molecule has 1 saturated carbocycles. The van der Waals surface area contributed by atoms with Gasteiger partial charge in [0.15, 0.2) is 0 Å². The van der Waals surface area contributed by atoms with Gasteiger partial charge in [0.1, 0.15) is 6.04 Å². The summed E-state index contributed by atoms with van der Waals surface area (Å²) in [5, 5.41) is 4.25. The highest BCUT2D eigenvalue weighted by molar-refractivity contribution is 6.31. The molecule has 1 fully saturated rings. The molecule has 1 unspecified atom stereocenters. The minimum Gasteiger partial charge on any atom is -0.352 e. The molecular weight excluding hydrogens is 407 g/mol. The summed E-state index contributed by atoms with van der Waals surface area (Å²) in [7, 11) is 0. The second-order valence-corrected chi connectivity index (χ2v) is 8.43. The van der Waals surface area contributed by atoms with Crippen LogP contribution in [-0.4, -0.2) is 28.8 Å². The largest absolute Gasteiger partial charge is 0.352 e. The van der Waals surface area contributed by atoms with Crippen LogP contribution in [0.4, 0.5) is 0 Å². The van der Waals surface area contributed by atoms with Crippen molar-refractivity contribution in [3.05, 3.63) is 69.7 Å². The first-order valence-corrected chi connectivity index (χ1v) is 10.8. The van der Waals surface area contributed by atoms with E-state index in [9.17, 15) is 9.59 Å². The maximum atomic E-state index is 13.2. The number of carbonyl (C=O) groups is 2. The van der Waals surface area contributed by atoms with Gasteiger partial charge in [0, 0.05) is 22.6 Å². The monoisotopic (exact) mass is 432 g/mol. The zero-order valence-electron chi connectivity index (χ0n) is 16.5. The number of amides is 2. The molecule has 0 aromatic heterocycles. The van der Waals surface area contributed by atoms with Crippen molar-refractivity contribution in [2.45, 2.75) is 57.7 Å². The van der Waals surface area contributed by atoms with Gasteiger partial charge in [-0.2, -0.15) is 0 Å². The van der Waals surface area contributed by atoms with Crippen molar-refractivity contribution in [1.82, 2.24) is 10.2 Å². The molecule has 0 bridgehead atoms. The van der Waals surface area contributed by atoms with Crippen molar-refractivity contribution in [2.75, 3.05) is 0 Å². The average molecular weight is 433 g/mol. The van der Waals surface area contributed by atoms with Gasteiger partial charge in [-0.3, -0.25) is 9.59 Å². The molecule has 0 aliphatic heterocycles. The van der Waals surface area contributed by atoms with Gasteiger partial charge in [-0.15, -0.1) is 0 Å². The summed E-state index contributed by atoms with van der Waals surface area (Å²) in [6.45, 7) is 2.09. The molecule has 4 nitrogen and oxygen atoms in total. The fraction of sp³-hybridized carbons (Fsp3) is 0.391. The Balaban J connectivity index is 1.78. The molecule has 0 spiro atoms. The number of hydrogen-bond acceptors (Lipinski definition) is 2. The summed E-state index contributed by atoms with van der Waals surface area (Å²) >= 11 is 12.4. The number of nitrogens with one attached hydrogen (secondary N) is 1. The molecule has 1 aliphatic carbocycles. The van der Waals surface area contributed by atoms with Crippen molar-refractivity contribution < 1.29 is 9.59 Å². The lowest BCUT2D eigenvalue weighted by atomic mass is 10.1. The first kappa shape index (κ1) is 21.7. The van der Waals surface area contributed by atoms with Gasteiger partial charge in [-0.25, -0.2) is 0 Å². The predicted octanol–water partition coefficient (Wildman–Crippen LogP) is 5.01. The third-order valence-electron chi connectivity index (χ3n) is 5.41. The second kappa shape index (κ2) is 10.1. The maximum Gasteiger partial charge on any atom is 0.242 e. The van der Waals surface area contributed by atoms with Crippen LogP contribution in [0, 0.1) is 0 Å². The fourth-order valence-corrected chi connectivity index (χ4v) is 4.13. The predicted molar refractivity (Wildman–Crippen MR) is 117 cm³/mol. The van der Waals surface area contributed by atoms with Crippen LogP contribution >= 0.6 is 23.2 Å². The normalized spacial score (nSPS) is 15.1. The van der Waals surface area contributed by atoms with Crippen LogP contribution in [-0.2, 0) is 22.6 Å². The summed E-state index contributed by atoms with van der Waals surface area (Å²) in [5.74, 6) is -0.265. The molecule has 3 rings (SSSR count). The molecule has 0 heterocycles. The Morgan fingerprint density at radius 3 is 2.52 bits per heavy atom. The summed E-state index contributed by atoms with van der Waals surface area (Å²) in [6.07, 6.45) is 4.41. The number of halogens is 2. The zero-order chi connectivity index (χ0) is 20.8. The van der Waals surface area contributed by atoms with E-state index in [4.69, 9.17) is 23.2 Å². The third-order valence-corrected chi connectivity index (χ3v) is 6.01. The van der Waals surface area contributed by atoms with E-state index in [0.29, 0.717) is 16.6 Å². The van der Waals surface area contributed by atoms with Crippen LogP contribution in [0.2, 0.25) is 10.0 Å². The van der Waals surface area contributed by atoms with Crippen LogP contribution in [0.1, 0.15) is 43.7 Å². The smallest absolute Gasteiger partial charge is 0.242 e. The third kappa shape index (κ3) is 5.97. The first-order chi connectivity index (χ1) is 13.9. The number of nitrogens with zero attached hydrogens (tertiary/aromatic N) is 1. The van der Waals surface area contributed by atoms with Gasteiger partial charge in [0.05, 0.1) is 6.42 Å². The van der Waals surface area contributed by atoms with E-state index in [1.165, 1.54) is 0 Å². The summed E-state index contributed by atoms with van der Waals surface area (Å²) in [4.78, 5) is 27.7. The lowest BCUT2D eigenvalue weighted by Gasteiger charge is -2.30. The summed E-state index contributed by atoms with van der Waals surface area (Å²) in [5.41, 5.74) is 1.63. The van der Waals surface area contributed by atoms with Crippen molar-refractivity contribution in [1.29, 1.82) is 0 Å². The molecule has 1 N–H and O–H groups in total. The van der Waals surface area contributed by atoms with Gasteiger partial charge in [-0.05, 0) is 49.1 Å². The maximum absolute atomic E-state index is 13.2.